The molecule has 0 amide bonds. The van der Waals surface area contributed by atoms with Gasteiger partial charge in [-0.2, -0.15) is 5.26 Å². The van der Waals surface area contributed by atoms with Crippen LogP contribution in [0.4, 0.5) is 5.69 Å². The number of nitrogens with one attached hydrogen (secondary N) is 1. The Kier molecular flexibility index (Phi) is 4.34. The molecule has 3 aromatic rings. The molecule has 2 heterocycles. The number of nitrogens with zero attached hydrogens (tertiary/aromatic N) is 4. The lowest BCUT2D eigenvalue weighted by Gasteiger charge is -2.13. The van der Waals surface area contributed by atoms with Crippen molar-refractivity contribution in [2.75, 3.05) is 5.43 Å². The maximum atomic E-state index is 12.5. The van der Waals surface area contributed by atoms with Gasteiger partial charge in [-0.3, -0.25) is 15.2 Å². The zero-order valence-corrected chi connectivity index (χ0v) is 13.1. The summed E-state index contributed by atoms with van der Waals surface area (Å²) in [7, 11) is 0. The van der Waals surface area contributed by atoms with Crippen LogP contribution in [0.15, 0.2) is 59.8 Å². The molecule has 0 atom stereocenters. The van der Waals surface area contributed by atoms with E-state index < -0.39 is 0 Å². The summed E-state index contributed by atoms with van der Waals surface area (Å²) in [5, 5.41) is 8.85. The van der Waals surface area contributed by atoms with Gasteiger partial charge in [0, 0.05) is 18.0 Å². The van der Waals surface area contributed by atoms with E-state index in [1.54, 1.807) is 42.9 Å². The molecule has 1 N–H and O–H groups in total. The molecule has 0 aliphatic heterocycles. The van der Waals surface area contributed by atoms with Gasteiger partial charge in [0.05, 0.1) is 29.2 Å². The Morgan fingerprint density at radius 2 is 1.88 bits per heavy atom. The first-order valence-electron chi connectivity index (χ1n) is 7.51. The summed E-state index contributed by atoms with van der Waals surface area (Å²) in [4.78, 5) is 20.9. The van der Waals surface area contributed by atoms with E-state index >= 15 is 0 Å². The third-order valence-electron chi connectivity index (χ3n) is 3.55. The lowest BCUT2D eigenvalue weighted by molar-refractivity contribution is 0.834. The van der Waals surface area contributed by atoms with Crippen LogP contribution >= 0.6 is 0 Å². The first-order chi connectivity index (χ1) is 11.7. The van der Waals surface area contributed by atoms with Crippen molar-refractivity contribution in [3.63, 3.8) is 0 Å². The van der Waals surface area contributed by atoms with Gasteiger partial charge in [-0.15, -0.1) is 0 Å². The second-order valence-corrected chi connectivity index (χ2v) is 5.14. The van der Waals surface area contributed by atoms with E-state index in [1.807, 2.05) is 19.1 Å². The molecular weight excluding hydrogens is 302 g/mol. The predicted octanol–water partition coefficient (Wildman–Crippen LogP) is 2.61. The van der Waals surface area contributed by atoms with Crippen molar-refractivity contribution in [1.82, 2.24) is 14.6 Å². The number of aromatic nitrogens is 3. The lowest BCUT2D eigenvalue weighted by Crippen LogP contribution is -2.30. The Bertz CT molecular complexity index is 940. The molecule has 0 saturated carbocycles. The number of anilines is 1. The van der Waals surface area contributed by atoms with E-state index in [0.29, 0.717) is 29.1 Å². The Morgan fingerprint density at radius 1 is 1.17 bits per heavy atom. The third-order valence-corrected chi connectivity index (χ3v) is 3.55. The van der Waals surface area contributed by atoms with Crippen molar-refractivity contribution in [3.05, 3.63) is 76.6 Å². The van der Waals surface area contributed by atoms with Gasteiger partial charge in [0.1, 0.15) is 5.69 Å². The highest BCUT2D eigenvalue weighted by Gasteiger charge is 2.09. The summed E-state index contributed by atoms with van der Waals surface area (Å²) in [6.45, 7) is 1.89. The van der Waals surface area contributed by atoms with Crippen LogP contribution in [-0.4, -0.2) is 14.6 Å². The van der Waals surface area contributed by atoms with Gasteiger partial charge in [0.2, 0.25) is 0 Å². The molecule has 118 valence electrons. The number of benzene rings is 1. The minimum atomic E-state index is -0.195. The minimum absolute atomic E-state index is 0.195. The first-order valence-corrected chi connectivity index (χ1v) is 7.51. The Morgan fingerprint density at radius 3 is 2.50 bits per heavy atom. The van der Waals surface area contributed by atoms with Gasteiger partial charge in [-0.05, 0) is 42.8 Å². The molecule has 1 aromatic carbocycles. The fourth-order valence-electron chi connectivity index (χ4n) is 2.28. The maximum absolute atomic E-state index is 12.5. The van der Waals surface area contributed by atoms with Crippen LogP contribution in [0.25, 0.3) is 11.3 Å². The van der Waals surface area contributed by atoms with Gasteiger partial charge in [0.15, 0.2) is 0 Å². The fourth-order valence-corrected chi connectivity index (χ4v) is 2.28. The molecular formula is C18H15N5O. The van der Waals surface area contributed by atoms with Gasteiger partial charge in [-0.1, -0.05) is 6.92 Å². The fraction of sp³-hybridized carbons (Fsp3) is 0.111. The van der Waals surface area contributed by atoms with E-state index in [9.17, 15) is 4.79 Å². The van der Waals surface area contributed by atoms with Crippen molar-refractivity contribution in [2.24, 2.45) is 0 Å². The zero-order valence-electron chi connectivity index (χ0n) is 13.1. The molecule has 0 aliphatic rings. The number of rotatable bonds is 4. The lowest BCUT2D eigenvalue weighted by atomic mass is 10.2. The highest BCUT2D eigenvalue weighted by atomic mass is 16.1. The average Bonchev–Trinajstić information content (AvgIpc) is 2.64. The van der Waals surface area contributed by atoms with Crippen LogP contribution in [0, 0.1) is 11.3 Å². The summed E-state index contributed by atoms with van der Waals surface area (Å²) in [5.74, 6) is 0. The number of aryl methyl sites for hydroxylation is 1. The number of nitriles is 1. The predicted molar refractivity (Wildman–Crippen MR) is 91.3 cm³/mol. The molecule has 24 heavy (non-hydrogen) atoms. The monoisotopic (exact) mass is 317 g/mol. The Hall–Kier alpha value is -3.46. The summed E-state index contributed by atoms with van der Waals surface area (Å²) >= 11 is 0. The summed E-state index contributed by atoms with van der Waals surface area (Å²) in [5.41, 5.74) is 6.18. The molecule has 0 radical (unpaired) electrons. The van der Waals surface area contributed by atoms with Crippen molar-refractivity contribution < 1.29 is 0 Å². The molecule has 0 aliphatic carbocycles. The molecule has 6 heteroatoms. The van der Waals surface area contributed by atoms with Crippen LogP contribution in [0.3, 0.4) is 0 Å². The second-order valence-electron chi connectivity index (χ2n) is 5.14. The molecule has 0 fully saturated rings. The van der Waals surface area contributed by atoms with Crippen LogP contribution in [-0.2, 0) is 6.42 Å². The van der Waals surface area contributed by atoms with Crippen molar-refractivity contribution in [3.8, 4) is 17.3 Å². The summed E-state index contributed by atoms with van der Waals surface area (Å²) in [6, 6.07) is 12.7. The highest BCUT2D eigenvalue weighted by Crippen LogP contribution is 2.15. The molecule has 0 spiro atoms. The van der Waals surface area contributed by atoms with E-state index in [-0.39, 0.29) is 5.56 Å². The molecule has 0 bridgehead atoms. The summed E-state index contributed by atoms with van der Waals surface area (Å²) < 4.78 is 1.42. The number of pyridine rings is 1. The Labute approximate surface area is 139 Å². The Balaban J connectivity index is 2.03. The van der Waals surface area contributed by atoms with Crippen molar-refractivity contribution in [1.29, 1.82) is 5.26 Å². The van der Waals surface area contributed by atoms with E-state index in [2.05, 4.69) is 21.5 Å². The topological polar surface area (TPSA) is 83.6 Å². The molecule has 2 aromatic heterocycles. The summed E-state index contributed by atoms with van der Waals surface area (Å²) in [6.07, 6.45) is 5.57. The van der Waals surface area contributed by atoms with Crippen LogP contribution < -0.4 is 11.0 Å². The SMILES string of the molecule is CCc1nc(-c2ccncc2)cn(Nc2ccc(C#N)cc2)c1=O. The largest absolute Gasteiger partial charge is 0.292 e. The second kappa shape index (κ2) is 6.75. The van der Waals surface area contributed by atoms with E-state index in [0.717, 1.165) is 5.56 Å². The minimum Gasteiger partial charge on any atom is -0.292 e. The van der Waals surface area contributed by atoms with Crippen molar-refractivity contribution >= 4 is 5.69 Å². The zero-order chi connectivity index (χ0) is 16.9. The van der Waals surface area contributed by atoms with E-state index in [1.165, 1.54) is 4.68 Å². The first kappa shape index (κ1) is 15.4. The normalized spacial score (nSPS) is 10.2. The molecule has 0 saturated heterocycles. The molecule has 0 unspecified atom stereocenters. The van der Waals surface area contributed by atoms with Crippen molar-refractivity contribution in [2.45, 2.75) is 13.3 Å². The highest BCUT2D eigenvalue weighted by molar-refractivity contribution is 5.57. The van der Waals surface area contributed by atoms with Crippen LogP contribution in [0.2, 0.25) is 0 Å². The smallest absolute Gasteiger partial charge is 0.290 e. The van der Waals surface area contributed by atoms with E-state index in [4.69, 9.17) is 5.26 Å². The standard InChI is InChI=1S/C18H15N5O/c1-2-16-18(24)23(22-15-5-3-13(11-19)4-6-15)12-17(21-16)14-7-9-20-10-8-14/h3-10,12,22H,2H2,1H3. The molecule has 6 nitrogen and oxygen atoms in total. The van der Waals surface area contributed by atoms with Gasteiger partial charge in [-0.25, -0.2) is 9.66 Å². The average molecular weight is 317 g/mol. The maximum Gasteiger partial charge on any atom is 0.290 e. The third kappa shape index (κ3) is 3.15. The number of hydrogen-bond acceptors (Lipinski definition) is 5. The quantitative estimate of drug-likeness (QED) is 0.799. The van der Waals surface area contributed by atoms with Gasteiger partial charge in [0.25, 0.3) is 5.56 Å². The molecule has 3 rings (SSSR count). The number of hydrogen-bond donors (Lipinski definition) is 1. The van der Waals surface area contributed by atoms with Crippen LogP contribution in [0.1, 0.15) is 18.2 Å². The van der Waals surface area contributed by atoms with Gasteiger partial charge >= 0.3 is 0 Å². The van der Waals surface area contributed by atoms with Gasteiger partial charge < -0.3 is 0 Å². The van der Waals surface area contributed by atoms with Crippen LogP contribution in [0.5, 0.6) is 0 Å².